The van der Waals surface area contributed by atoms with Crippen LogP contribution in [0, 0.1) is 10.1 Å². The summed E-state index contributed by atoms with van der Waals surface area (Å²) in [5.41, 5.74) is 1.69. The molecule has 0 aromatic heterocycles. The van der Waals surface area contributed by atoms with Gasteiger partial charge >= 0.3 is 0 Å². The van der Waals surface area contributed by atoms with Gasteiger partial charge in [-0.1, -0.05) is 52.3 Å². The molecule has 90 valence electrons. The summed E-state index contributed by atoms with van der Waals surface area (Å²) in [5, 5.41) is 10.9. The fraction of sp³-hybridized carbons (Fsp3) is 0. The van der Waals surface area contributed by atoms with Crippen molar-refractivity contribution in [3.63, 3.8) is 0 Å². The normalized spacial score (nSPS) is 10.7. The van der Waals surface area contributed by atoms with Crippen LogP contribution < -0.4 is 0 Å². The third kappa shape index (κ3) is 2.84. The Bertz CT molecular complexity index is 608. The van der Waals surface area contributed by atoms with E-state index in [1.807, 2.05) is 30.3 Å². The van der Waals surface area contributed by atoms with Crippen molar-refractivity contribution in [3.05, 3.63) is 74.2 Å². The number of hydrogen-bond acceptors (Lipinski definition) is 2. The number of nitro groups is 1. The highest BCUT2D eigenvalue weighted by Gasteiger charge is 2.09. The van der Waals surface area contributed by atoms with Crippen LogP contribution in [0.1, 0.15) is 11.1 Å². The second-order valence-corrected chi connectivity index (χ2v) is 4.53. The number of para-hydroxylation sites is 1. The molecule has 3 nitrogen and oxygen atoms in total. The van der Waals surface area contributed by atoms with E-state index in [0.717, 1.165) is 10.0 Å². The number of nitro benzene ring substituents is 1. The van der Waals surface area contributed by atoms with Crippen LogP contribution >= 0.6 is 15.9 Å². The number of hydrogen-bond donors (Lipinski definition) is 0. The van der Waals surface area contributed by atoms with Gasteiger partial charge in [-0.2, -0.15) is 0 Å². The van der Waals surface area contributed by atoms with E-state index in [0.29, 0.717) is 5.56 Å². The van der Waals surface area contributed by atoms with Gasteiger partial charge in [0.05, 0.1) is 10.5 Å². The molecular formula is C14H10BrNO2. The molecule has 2 aromatic carbocycles. The summed E-state index contributed by atoms with van der Waals surface area (Å²) in [6.07, 6.45) is 3.60. The summed E-state index contributed by atoms with van der Waals surface area (Å²) < 4.78 is 0.958. The lowest BCUT2D eigenvalue weighted by molar-refractivity contribution is -0.385. The first-order chi connectivity index (χ1) is 8.68. The highest BCUT2D eigenvalue weighted by molar-refractivity contribution is 9.10. The molecule has 0 amide bonds. The zero-order valence-corrected chi connectivity index (χ0v) is 11.0. The molecule has 0 heterocycles. The molecule has 0 unspecified atom stereocenters. The summed E-state index contributed by atoms with van der Waals surface area (Å²) in [4.78, 5) is 10.5. The van der Waals surface area contributed by atoms with Gasteiger partial charge in [0.25, 0.3) is 5.69 Å². The van der Waals surface area contributed by atoms with E-state index in [-0.39, 0.29) is 10.6 Å². The lowest BCUT2D eigenvalue weighted by Crippen LogP contribution is -1.90. The predicted octanol–water partition coefficient (Wildman–Crippen LogP) is 4.53. The molecular weight excluding hydrogens is 294 g/mol. The Hall–Kier alpha value is -1.94. The van der Waals surface area contributed by atoms with Crippen LogP contribution in [0.5, 0.6) is 0 Å². The molecule has 0 aliphatic heterocycles. The highest BCUT2D eigenvalue weighted by Crippen LogP contribution is 2.22. The molecule has 4 heteroatoms. The van der Waals surface area contributed by atoms with Crippen molar-refractivity contribution < 1.29 is 4.92 Å². The lowest BCUT2D eigenvalue weighted by Gasteiger charge is -1.98. The van der Waals surface area contributed by atoms with Gasteiger partial charge in [0.2, 0.25) is 0 Å². The number of nitrogens with zero attached hydrogens (tertiary/aromatic N) is 1. The van der Waals surface area contributed by atoms with E-state index < -0.39 is 0 Å². The third-order valence-electron chi connectivity index (χ3n) is 2.48. The van der Waals surface area contributed by atoms with E-state index in [2.05, 4.69) is 15.9 Å². The zero-order valence-electron chi connectivity index (χ0n) is 9.42. The molecule has 0 aliphatic rings. The summed E-state index contributed by atoms with van der Waals surface area (Å²) >= 11 is 3.43. The Labute approximate surface area is 113 Å². The maximum absolute atomic E-state index is 10.9. The molecule has 0 atom stereocenters. The average molecular weight is 304 g/mol. The van der Waals surface area contributed by atoms with E-state index in [1.165, 1.54) is 6.07 Å². The minimum absolute atomic E-state index is 0.112. The van der Waals surface area contributed by atoms with Gasteiger partial charge in [-0.3, -0.25) is 10.1 Å². The molecule has 0 aliphatic carbocycles. The predicted molar refractivity (Wildman–Crippen MR) is 76.2 cm³/mol. The van der Waals surface area contributed by atoms with Gasteiger partial charge in [0, 0.05) is 10.5 Å². The second kappa shape index (κ2) is 5.60. The first-order valence-electron chi connectivity index (χ1n) is 5.34. The van der Waals surface area contributed by atoms with Crippen LogP contribution in [-0.4, -0.2) is 4.92 Å². The van der Waals surface area contributed by atoms with Gasteiger partial charge in [-0.15, -0.1) is 0 Å². The molecule has 0 saturated carbocycles. The molecule has 0 fully saturated rings. The minimum atomic E-state index is -0.375. The van der Waals surface area contributed by atoms with Gasteiger partial charge in [-0.05, 0) is 23.8 Å². The topological polar surface area (TPSA) is 43.1 Å². The number of benzene rings is 2. The Morgan fingerprint density at radius 1 is 0.944 bits per heavy atom. The maximum atomic E-state index is 10.9. The van der Waals surface area contributed by atoms with Crippen molar-refractivity contribution in [1.82, 2.24) is 0 Å². The monoisotopic (exact) mass is 303 g/mol. The van der Waals surface area contributed by atoms with Crippen molar-refractivity contribution in [3.8, 4) is 0 Å². The standard InChI is InChI=1S/C14H10BrNO2/c15-13-7-3-1-5-11(13)9-10-12-6-2-4-8-14(12)16(17)18/h1-10H/b10-9+. The molecule has 2 rings (SSSR count). The van der Waals surface area contributed by atoms with Gasteiger partial charge in [0.1, 0.15) is 0 Å². The average Bonchev–Trinajstić information content (AvgIpc) is 2.38. The molecule has 0 radical (unpaired) electrons. The quantitative estimate of drug-likeness (QED) is 0.475. The smallest absolute Gasteiger partial charge is 0.258 e. The maximum Gasteiger partial charge on any atom is 0.276 e. The molecule has 0 N–H and O–H groups in total. The SMILES string of the molecule is O=[N+]([O-])c1ccccc1/C=C/c1ccccc1Br. The summed E-state index contributed by atoms with van der Waals surface area (Å²) in [5.74, 6) is 0. The molecule has 0 spiro atoms. The number of halogens is 1. The second-order valence-electron chi connectivity index (χ2n) is 3.67. The van der Waals surface area contributed by atoms with Crippen LogP contribution in [0.4, 0.5) is 5.69 Å². The van der Waals surface area contributed by atoms with Crippen LogP contribution in [0.2, 0.25) is 0 Å². The summed E-state index contributed by atoms with van der Waals surface area (Å²) in [7, 11) is 0. The van der Waals surface area contributed by atoms with Crippen LogP contribution in [0.15, 0.2) is 53.0 Å². The Morgan fingerprint density at radius 3 is 2.17 bits per heavy atom. The Balaban J connectivity index is 2.35. The third-order valence-corrected chi connectivity index (χ3v) is 3.20. The summed E-state index contributed by atoms with van der Waals surface area (Å²) in [6.45, 7) is 0. The number of rotatable bonds is 3. The Kier molecular flexibility index (Phi) is 3.89. The van der Waals surface area contributed by atoms with Crippen molar-refractivity contribution in [1.29, 1.82) is 0 Å². The van der Waals surface area contributed by atoms with E-state index in [1.54, 1.807) is 24.3 Å². The van der Waals surface area contributed by atoms with Crippen LogP contribution in [0.3, 0.4) is 0 Å². The fourth-order valence-electron chi connectivity index (χ4n) is 1.58. The molecule has 18 heavy (non-hydrogen) atoms. The summed E-state index contributed by atoms with van der Waals surface area (Å²) in [6, 6.07) is 14.4. The molecule has 2 aromatic rings. The first-order valence-corrected chi connectivity index (χ1v) is 6.14. The van der Waals surface area contributed by atoms with Crippen molar-refractivity contribution in [2.45, 2.75) is 0 Å². The van der Waals surface area contributed by atoms with Crippen molar-refractivity contribution in [2.75, 3.05) is 0 Å². The van der Waals surface area contributed by atoms with Crippen molar-refractivity contribution in [2.24, 2.45) is 0 Å². The van der Waals surface area contributed by atoms with E-state index in [9.17, 15) is 10.1 Å². The lowest BCUT2D eigenvalue weighted by atomic mass is 10.1. The minimum Gasteiger partial charge on any atom is -0.258 e. The van der Waals surface area contributed by atoms with Crippen LogP contribution in [-0.2, 0) is 0 Å². The largest absolute Gasteiger partial charge is 0.276 e. The first kappa shape index (κ1) is 12.5. The van der Waals surface area contributed by atoms with Gasteiger partial charge in [-0.25, -0.2) is 0 Å². The highest BCUT2D eigenvalue weighted by atomic mass is 79.9. The van der Waals surface area contributed by atoms with E-state index in [4.69, 9.17) is 0 Å². The Morgan fingerprint density at radius 2 is 1.50 bits per heavy atom. The van der Waals surface area contributed by atoms with Gasteiger partial charge < -0.3 is 0 Å². The molecule has 0 bridgehead atoms. The van der Waals surface area contributed by atoms with Crippen LogP contribution in [0.25, 0.3) is 12.2 Å². The van der Waals surface area contributed by atoms with Crippen molar-refractivity contribution >= 4 is 33.8 Å². The molecule has 0 saturated heterocycles. The van der Waals surface area contributed by atoms with E-state index >= 15 is 0 Å². The zero-order chi connectivity index (χ0) is 13.0. The fourth-order valence-corrected chi connectivity index (χ4v) is 2.00. The van der Waals surface area contributed by atoms with Gasteiger partial charge in [0.15, 0.2) is 0 Å².